The van der Waals surface area contributed by atoms with Crippen molar-refractivity contribution in [3.8, 4) is 10.6 Å². The van der Waals surface area contributed by atoms with Gasteiger partial charge in [-0.25, -0.2) is 5.01 Å². The van der Waals surface area contributed by atoms with E-state index in [0.717, 1.165) is 5.56 Å². The fraction of sp³-hybridized carbons (Fsp3) is 0.267. The number of nitrogens with zero attached hydrogens (tertiary/aromatic N) is 4. The molecule has 0 unspecified atom stereocenters. The van der Waals surface area contributed by atoms with Crippen LogP contribution in [0.5, 0.6) is 0 Å². The van der Waals surface area contributed by atoms with Crippen LogP contribution >= 0.6 is 11.3 Å². The molecular weight excluding hydrogens is 314 g/mol. The van der Waals surface area contributed by atoms with Gasteiger partial charge < -0.3 is 0 Å². The Balaban J connectivity index is 1.75. The summed E-state index contributed by atoms with van der Waals surface area (Å²) in [5, 5.41) is 17.1. The maximum atomic E-state index is 12.4. The average molecular weight is 329 g/mol. The third-order valence-corrected chi connectivity index (χ3v) is 4.37. The fourth-order valence-corrected chi connectivity index (χ4v) is 3.07. The lowest BCUT2D eigenvalue weighted by atomic mass is 10.0. The van der Waals surface area contributed by atoms with Crippen LogP contribution in [0.25, 0.3) is 10.6 Å². The average Bonchev–Trinajstić information content (AvgIpc) is 3.13. The Kier molecular flexibility index (Phi) is 4.16. The molecule has 1 aromatic carbocycles. The van der Waals surface area contributed by atoms with Gasteiger partial charge in [-0.1, -0.05) is 48.6 Å². The lowest BCUT2D eigenvalue weighted by Crippen LogP contribution is -2.35. The third-order valence-electron chi connectivity index (χ3n) is 3.48. The smallest absolute Gasteiger partial charge is 0.260 e. The van der Waals surface area contributed by atoms with Crippen molar-refractivity contribution < 1.29 is 9.59 Å². The number of rotatable bonds is 4. The van der Waals surface area contributed by atoms with E-state index in [-0.39, 0.29) is 5.91 Å². The first-order chi connectivity index (χ1) is 11.1. The Morgan fingerprint density at radius 2 is 2.04 bits per heavy atom. The van der Waals surface area contributed by atoms with E-state index in [4.69, 9.17) is 0 Å². The largest absolute Gasteiger partial charge is 0.299 e. The van der Waals surface area contributed by atoms with E-state index in [2.05, 4.69) is 20.6 Å². The molecule has 2 aromatic rings. The summed E-state index contributed by atoms with van der Waals surface area (Å²) >= 11 is 1.27. The standard InChI is InChI=1S/C15H15N5O2S/c1-3-10-11(14(22)20(2)19-10)12(21)16-15-18-17-13(23-15)9-7-5-4-6-8-9/h4-8,11H,3H2,1-2H3,(H,16,18,21)/t11-/m0/s1. The molecule has 0 saturated heterocycles. The first-order valence-corrected chi connectivity index (χ1v) is 7.96. The molecule has 0 fully saturated rings. The molecule has 23 heavy (non-hydrogen) atoms. The van der Waals surface area contributed by atoms with Crippen LogP contribution < -0.4 is 5.32 Å². The van der Waals surface area contributed by atoms with E-state index in [1.54, 1.807) is 7.05 Å². The molecule has 7 nitrogen and oxygen atoms in total. The Morgan fingerprint density at radius 3 is 2.74 bits per heavy atom. The minimum atomic E-state index is -0.880. The van der Waals surface area contributed by atoms with Crippen LogP contribution in [-0.4, -0.2) is 39.8 Å². The van der Waals surface area contributed by atoms with Crippen molar-refractivity contribution in [3.05, 3.63) is 30.3 Å². The number of carbonyl (C=O) groups is 2. The summed E-state index contributed by atoms with van der Waals surface area (Å²) < 4.78 is 0. The number of hydrogen-bond donors (Lipinski definition) is 1. The zero-order chi connectivity index (χ0) is 16.4. The lowest BCUT2D eigenvalue weighted by molar-refractivity contribution is -0.134. The monoisotopic (exact) mass is 329 g/mol. The highest BCUT2D eigenvalue weighted by molar-refractivity contribution is 7.18. The molecule has 0 aliphatic carbocycles. The van der Waals surface area contributed by atoms with Crippen LogP contribution in [0.3, 0.4) is 0 Å². The van der Waals surface area contributed by atoms with Gasteiger partial charge in [-0.2, -0.15) is 5.10 Å². The molecular formula is C15H15N5O2S. The minimum absolute atomic E-state index is 0.327. The molecule has 0 radical (unpaired) electrons. The van der Waals surface area contributed by atoms with Gasteiger partial charge in [-0.3, -0.25) is 14.9 Å². The summed E-state index contributed by atoms with van der Waals surface area (Å²) in [6, 6.07) is 9.58. The molecule has 1 aromatic heterocycles. The summed E-state index contributed by atoms with van der Waals surface area (Å²) in [4.78, 5) is 24.4. The van der Waals surface area contributed by atoms with Crippen molar-refractivity contribution in [2.24, 2.45) is 11.0 Å². The van der Waals surface area contributed by atoms with Crippen molar-refractivity contribution in [1.29, 1.82) is 0 Å². The number of hydrazone groups is 1. The number of amides is 2. The van der Waals surface area contributed by atoms with E-state index in [0.29, 0.717) is 22.3 Å². The predicted molar refractivity (Wildman–Crippen MR) is 88.0 cm³/mol. The van der Waals surface area contributed by atoms with Crippen molar-refractivity contribution in [3.63, 3.8) is 0 Å². The molecule has 2 amide bonds. The van der Waals surface area contributed by atoms with Gasteiger partial charge in [-0.15, -0.1) is 10.2 Å². The molecule has 118 valence electrons. The summed E-state index contributed by atoms with van der Waals surface area (Å²) in [5.41, 5.74) is 1.49. The van der Waals surface area contributed by atoms with Gasteiger partial charge in [0.1, 0.15) is 5.01 Å². The quantitative estimate of drug-likeness (QED) is 0.869. The van der Waals surface area contributed by atoms with Crippen LogP contribution in [-0.2, 0) is 9.59 Å². The Morgan fingerprint density at radius 1 is 1.30 bits per heavy atom. The van der Waals surface area contributed by atoms with Crippen molar-refractivity contribution in [2.75, 3.05) is 12.4 Å². The van der Waals surface area contributed by atoms with Gasteiger partial charge in [0.05, 0.1) is 5.71 Å². The highest BCUT2D eigenvalue weighted by atomic mass is 32.1. The van der Waals surface area contributed by atoms with Gasteiger partial charge in [0, 0.05) is 12.6 Å². The summed E-state index contributed by atoms with van der Waals surface area (Å²) in [6.45, 7) is 1.87. The van der Waals surface area contributed by atoms with Crippen molar-refractivity contribution in [1.82, 2.24) is 15.2 Å². The van der Waals surface area contributed by atoms with E-state index >= 15 is 0 Å². The SMILES string of the molecule is CCC1=NN(C)C(=O)[C@@H]1C(=O)Nc1nnc(-c2ccccc2)s1. The molecule has 0 bridgehead atoms. The highest BCUT2D eigenvalue weighted by Crippen LogP contribution is 2.27. The Bertz CT molecular complexity index is 771. The van der Waals surface area contributed by atoms with E-state index in [1.165, 1.54) is 16.3 Å². The Hall–Kier alpha value is -2.61. The van der Waals surface area contributed by atoms with E-state index < -0.39 is 11.8 Å². The second-order valence-corrected chi connectivity index (χ2v) is 5.98. The number of nitrogens with one attached hydrogen (secondary N) is 1. The van der Waals surface area contributed by atoms with Gasteiger partial charge in [0.2, 0.25) is 11.0 Å². The van der Waals surface area contributed by atoms with Crippen LogP contribution in [0.1, 0.15) is 13.3 Å². The van der Waals surface area contributed by atoms with E-state index in [9.17, 15) is 9.59 Å². The second-order valence-electron chi connectivity index (χ2n) is 5.01. The molecule has 2 heterocycles. The fourth-order valence-electron chi connectivity index (χ4n) is 2.32. The van der Waals surface area contributed by atoms with Crippen molar-refractivity contribution >= 4 is 34.0 Å². The number of aromatic nitrogens is 2. The zero-order valence-corrected chi connectivity index (χ0v) is 13.5. The predicted octanol–water partition coefficient (Wildman–Crippen LogP) is 2.00. The molecule has 0 spiro atoms. The summed E-state index contributed by atoms with van der Waals surface area (Å²) in [6.07, 6.45) is 0.541. The maximum absolute atomic E-state index is 12.4. The van der Waals surface area contributed by atoms with Crippen LogP contribution in [0.15, 0.2) is 35.4 Å². The maximum Gasteiger partial charge on any atom is 0.260 e. The van der Waals surface area contributed by atoms with Gasteiger partial charge in [-0.05, 0) is 6.42 Å². The topological polar surface area (TPSA) is 87.5 Å². The molecule has 1 aliphatic heterocycles. The van der Waals surface area contributed by atoms with E-state index in [1.807, 2.05) is 37.3 Å². The molecule has 3 rings (SSSR count). The van der Waals surface area contributed by atoms with Gasteiger partial charge >= 0.3 is 0 Å². The van der Waals surface area contributed by atoms with Crippen molar-refractivity contribution in [2.45, 2.75) is 13.3 Å². The first kappa shape index (κ1) is 15.3. The van der Waals surface area contributed by atoms with Gasteiger partial charge in [0.15, 0.2) is 5.92 Å². The number of benzene rings is 1. The number of anilines is 1. The summed E-state index contributed by atoms with van der Waals surface area (Å²) in [5.74, 6) is -1.63. The van der Waals surface area contributed by atoms with Crippen LogP contribution in [0.4, 0.5) is 5.13 Å². The molecule has 1 aliphatic rings. The molecule has 8 heteroatoms. The zero-order valence-electron chi connectivity index (χ0n) is 12.7. The third kappa shape index (κ3) is 2.98. The summed E-state index contributed by atoms with van der Waals surface area (Å²) in [7, 11) is 1.55. The highest BCUT2D eigenvalue weighted by Gasteiger charge is 2.38. The first-order valence-electron chi connectivity index (χ1n) is 7.15. The number of hydrogen-bond acceptors (Lipinski definition) is 6. The van der Waals surface area contributed by atoms with Gasteiger partial charge in [0.25, 0.3) is 5.91 Å². The molecule has 1 atom stereocenters. The van der Waals surface area contributed by atoms with Crippen LogP contribution in [0, 0.1) is 5.92 Å². The Labute approximate surface area is 137 Å². The normalized spacial score (nSPS) is 17.3. The number of carbonyl (C=O) groups excluding carboxylic acids is 2. The van der Waals surface area contributed by atoms with Crippen LogP contribution in [0.2, 0.25) is 0 Å². The second kappa shape index (κ2) is 6.25. The molecule has 0 saturated carbocycles. The molecule has 1 N–H and O–H groups in total. The minimum Gasteiger partial charge on any atom is -0.299 e. The lowest BCUT2D eigenvalue weighted by Gasteiger charge is -2.09.